The topological polar surface area (TPSA) is 86.8 Å². The lowest BCUT2D eigenvalue weighted by Crippen LogP contribution is -2.53. The zero-order chi connectivity index (χ0) is 27.2. The molecule has 2 amide bonds. The first-order valence-corrected chi connectivity index (χ1v) is 14.5. The summed E-state index contributed by atoms with van der Waals surface area (Å²) >= 11 is 18.4. The van der Waals surface area contributed by atoms with Crippen LogP contribution in [0.2, 0.25) is 15.1 Å². The fourth-order valence-electron chi connectivity index (χ4n) is 3.55. The predicted octanol–water partition coefficient (Wildman–Crippen LogP) is 5.44. The smallest absolute Gasteiger partial charge is 0.244 e. The van der Waals surface area contributed by atoms with Gasteiger partial charge in [0.05, 0.1) is 27.0 Å². The third-order valence-corrected chi connectivity index (χ3v) is 7.95. The number of sulfonamides is 1. The summed E-state index contributed by atoms with van der Waals surface area (Å²) in [5.74, 6) is -0.861. The first-order valence-electron chi connectivity index (χ1n) is 11.6. The minimum Gasteiger partial charge on any atom is -0.352 e. The van der Waals surface area contributed by atoms with Gasteiger partial charge in [-0.2, -0.15) is 0 Å². The average molecular weight is 577 g/mol. The number of aryl methyl sites for hydroxylation is 1. The summed E-state index contributed by atoms with van der Waals surface area (Å²) < 4.78 is 26.3. The summed E-state index contributed by atoms with van der Waals surface area (Å²) in [6.45, 7) is 7.14. The standard InChI is InChI=1S/C25H32Cl3N3O4S/c1-6-17(4)29-25(33)22(7-2)30(14-18-10-8-16(3)9-11-18)24(32)15-31(36(5,34)35)23-13-20(27)19(26)12-21(23)28/h8-13,17,22H,6-7,14-15H2,1-5H3,(H,29,33)/t17-,22+/m0/s1. The molecular formula is C25H32Cl3N3O4S. The van der Waals surface area contributed by atoms with Crippen LogP contribution in [0.15, 0.2) is 36.4 Å². The molecule has 0 aliphatic carbocycles. The zero-order valence-electron chi connectivity index (χ0n) is 21.0. The van der Waals surface area contributed by atoms with Crippen LogP contribution in [-0.4, -0.2) is 50.0 Å². The fraction of sp³-hybridized carbons (Fsp3) is 0.440. The molecule has 7 nitrogen and oxygen atoms in total. The van der Waals surface area contributed by atoms with Crippen LogP contribution in [0.5, 0.6) is 0 Å². The molecular weight excluding hydrogens is 545 g/mol. The molecule has 0 aliphatic rings. The second kappa shape index (κ2) is 13.0. The second-order valence-electron chi connectivity index (χ2n) is 8.74. The van der Waals surface area contributed by atoms with Crippen molar-refractivity contribution in [3.63, 3.8) is 0 Å². The maximum atomic E-state index is 13.7. The number of nitrogens with one attached hydrogen (secondary N) is 1. The van der Waals surface area contributed by atoms with E-state index in [-0.39, 0.29) is 39.2 Å². The third kappa shape index (κ3) is 8.00. The van der Waals surface area contributed by atoms with Crippen LogP contribution in [0.1, 0.15) is 44.7 Å². The normalized spacial score (nSPS) is 13.1. The van der Waals surface area contributed by atoms with E-state index in [9.17, 15) is 18.0 Å². The Kier molecular flexibility index (Phi) is 10.9. The Hall–Kier alpha value is -2.00. The minimum atomic E-state index is -3.95. The highest BCUT2D eigenvalue weighted by molar-refractivity contribution is 7.92. The molecule has 0 spiro atoms. The Morgan fingerprint density at radius 3 is 2.08 bits per heavy atom. The number of hydrogen-bond donors (Lipinski definition) is 1. The molecule has 11 heteroatoms. The molecule has 0 saturated carbocycles. The Bertz CT molecular complexity index is 1190. The molecule has 0 fully saturated rings. The molecule has 36 heavy (non-hydrogen) atoms. The van der Waals surface area contributed by atoms with E-state index in [0.29, 0.717) is 6.42 Å². The maximum Gasteiger partial charge on any atom is 0.244 e. The Morgan fingerprint density at radius 2 is 1.56 bits per heavy atom. The van der Waals surface area contributed by atoms with Gasteiger partial charge in [0.15, 0.2) is 0 Å². The van der Waals surface area contributed by atoms with Gasteiger partial charge in [0.1, 0.15) is 12.6 Å². The fourth-order valence-corrected chi connectivity index (χ4v) is 5.10. The van der Waals surface area contributed by atoms with Gasteiger partial charge in [-0.15, -0.1) is 0 Å². The Labute approximate surface area is 228 Å². The van der Waals surface area contributed by atoms with E-state index >= 15 is 0 Å². The summed E-state index contributed by atoms with van der Waals surface area (Å²) in [5.41, 5.74) is 1.88. The maximum absolute atomic E-state index is 13.7. The Balaban J connectivity index is 2.50. The van der Waals surface area contributed by atoms with Crippen LogP contribution >= 0.6 is 34.8 Å². The molecule has 0 aliphatic heterocycles. The monoisotopic (exact) mass is 575 g/mol. The van der Waals surface area contributed by atoms with Gasteiger partial charge in [0, 0.05) is 12.6 Å². The van der Waals surface area contributed by atoms with Crippen molar-refractivity contribution in [3.8, 4) is 0 Å². The molecule has 0 heterocycles. The SMILES string of the molecule is CC[C@H](C(=O)N[C@@H](C)CC)N(Cc1ccc(C)cc1)C(=O)CN(c1cc(Cl)c(Cl)cc1Cl)S(C)(=O)=O. The molecule has 0 saturated heterocycles. The average Bonchev–Trinajstić information content (AvgIpc) is 2.80. The molecule has 2 aromatic carbocycles. The van der Waals surface area contributed by atoms with Gasteiger partial charge < -0.3 is 10.2 Å². The Morgan fingerprint density at radius 1 is 0.972 bits per heavy atom. The first kappa shape index (κ1) is 30.2. The van der Waals surface area contributed by atoms with Crippen LogP contribution in [0.25, 0.3) is 0 Å². The molecule has 198 valence electrons. The largest absolute Gasteiger partial charge is 0.352 e. The number of amides is 2. The van der Waals surface area contributed by atoms with E-state index in [4.69, 9.17) is 34.8 Å². The van der Waals surface area contributed by atoms with Crippen LogP contribution in [-0.2, 0) is 26.2 Å². The lowest BCUT2D eigenvalue weighted by Gasteiger charge is -2.33. The van der Waals surface area contributed by atoms with Gasteiger partial charge in [-0.1, -0.05) is 78.5 Å². The summed E-state index contributed by atoms with van der Waals surface area (Å²) in [6, 6.07) is 9.31. The lowest BCUT2D eigenvalue weighted by atomic mass is 10.1. The van der Waals surface area contributed by atoms with Crippen molar-refractivity contribution in [3.05, 3.63) is 62.6 Å². The van der Waals surface area contributed by atoms with Gasteiger partial charge in [-0.25, -0.2) is 8.42 Å². The summed E-state index contributed by atoms with van der Waals surface area (Å²) in [5, 5.41) is 3.20. The number of rotatable bonds is 11. The summed E-state index contributed by atoms with van der Waals surface area (Å²) in [4.78, 5) is 28.2. The zero-order valence-corrected chi connectivity index (χ0v) is 24.1. The molecule has 0 radical (unpaired) electrons. The van der Waals surface area contributed by atoms with Crippen molar-refractivity contribution >= 4 is 62.3 Å². The van der Waals surface area contributed by atoms with Crippen molar-refractivity contribution in [2.45, 2.75) is 59.2 Å². The van der Waals surface area contributed by atoms with Crippen molar-refractivity contribution in [1.82, 2.24) is 10.2 Å². The van der Waals surface area contributed by atoms with Gasteiger partial charge >= 0.3 is 0 Å². The highest BCUT2D eigenvalue weighted by Gasteiger charge is 2.32. The van der Waals surface area contributed by atoms with E-state index in [1.165, 1.54) is 17.0 Å². The lowest BCUT2D eigenvalue weighted by molar-refractivity contribution is -0.140. The number of nitrogens with zero attached hydrogens (tertiary/aromatic N) is 2. The van der Waals surface area contributed by atoms with Crippen LogP contribution in [0.4, 0.5) is 5.69 Å². The van der Waals surface area contributed by atoms with Gasteiger partial charge in [0.25, 0.3) is 0 Å². The summed E-state index contributed by atoms with van der Waals surface area (Å²) in [7, 11) is -3.95. The molecule has 2 atom stereocenters. The van der Waals surface area contributed by atoms with Crippen LogP contribution in [0.3, 0.4) is 0 Å². The predicted molar refractivity (Wildman–Crippen MR) is 147 cm³/mol. The van der Waals surface area contributed by atoms with E-state index in [1.807, 2.05) is 45.0 Å². The first-order chi connectivity index (χ1) is 16.8. The second-order valence-corrected chi connectivity index (χ2v) is 11.9. The number of benzene rings is 2. The number of hydrogen-bond acceptors (Lipinski definition) is 4. The van der Waals surface area contributed by atoms with Crippen molar-refractivity contribution in [1.29, 1.82) is 0 Å². The van der Waals surface area contributed by atoms with E-state index in [0.717, 1.165) is 28.1 Å². The molecule has 0 unspecified atom stereocenters. The molecule has 0 bridgehead atoms. The molecule has 0 aromatic heterocycles. The van der Waals surface area contributed by atoms with Gasteiger partial charge in [-0.05, 0) is 44.4 Å². The van der Waals surface area contributed by atoms with Crippen LogP contribution < -0.4 is 9.62 Å². The van der Waals surface area contributed by atoms with Gasteiger partial charge in [-0.3, -0.25) is 13.9 Å². The van der Waals surface area contributed by atoms with Gasteiger partial charge in [0.2, 0.25) is 21.8 Å². The number of carbonyl (C=O) groups is 2. The minimum absolute atomic E-state index is 0.0225. The molecule has 1 N–H and O–H groups in total. The van der Waals surface area contributed by atoms with Crippen molar-refractivity contribution < 1.29 is 18.0 Å². The number of anilines is 1. The quantitative estimate of drug-likeness (QED) is 0.361. The van der Waals surface area contributed by atoms with E-state index < -0.39 is 28.5 Å². The highest BCUT2D eigenvalue weighted by Crippen LogP contribution is 2.35. The third-order valence-electron chi connectivity index (χ3n) is 5.80. The number of halogens is 3. The molecule has 2 rings (SSSR count). The summed E-state index contributed by atoms with van der Waals surface area (Å²) in [6.07, 6.45) is 2.04. The van der Waals surface area contributed by atoms with Crippen molar-refractivity contribution in [2.75, 3.05) is 17.1 Å². The number of carbonyl (C=O) groups excluding carboxylic acids is 2. The van der Waals surface area contributed by atoms with Crippen LogP contribution in [0, 0.1) is 6.92 Å². The highest BCUT2D eigenvalue weighted by atomic mass is 35.5. The van der Waals surface area contributed by atoms with E-state index in [1.54, 1.807) is 6.92 Å². The van der Waals surface area contributed by atoms with E-state index in [2.05, 4.69) is 5.32 Å². The molecule has 2 aromatic rings. The van der Waals surface area contributed by atoms with Crippen molar-refractivity contribution in [2.24, 2.45) is 0 Å².